The Morgan fingerprint density at radius 2 is 2.25 bits per heavy atom. The molecule has 1 aromatic rings. The van der Waals surface area contributed by atoms with Crippen LogP contribution in [0.3, 0.4) is 0 Å². The Morgan fingerprint density at radius 1 is 1.55 bits per heavy atom. The summed E-state index contributed by atoms with van der Waals surface area (Å²) in [6.45, 7) is 6.14. The van der Waals surface area contributed by atoms with Gasteiger partial charge < -0.3 is 15.4 Å². The molecule has 1 fully saturated rings. The Morgan fingerprint density at radius 3 is 2.80 bits per heavy atom. The molecule has 1 aliphatic heterocycles. The summed E-state index contributed by atoms with van der Waals surface area (Å²) in [5.41, 5.74) is 6.70. The van der Waals surface area contributed by atoms with Crippen molar-refractivity contribution in [2.24, 2.45) is 5.41 Å². The van der Waals surface area contributed by atoms with Crippen LogP contribution in [0.25, 0.3) is 0 Å². The third-order valence-electron chi connectivity index (χ3n) is 3.61. The molecule has 2 N–H and O–H groups in total. The molecule has 108 valence electrons. The van der Waals surface area contributed by atoms with Crippen molar-refractivity contribution in [2.75, 3.05) is 30.8 Å². The molecule has 0 atom stereocenters. The summed E-state index contributed by atoms with van der Waals surface area (Å²) < 4.78 is 4.81. The minimum absolute atomic E-state index is 0.192. The second-order valence-electron chi connectivity index (χ2n) is 5.82. The number of anilines is 2. The van der Waals surface area contributed by atoms with Gasteiger partial charge in [-0.15, -0.1) is 11.3 Å². The summed E-state index contributed by atoms with van der Waals surface area (Å²) in [5.74, 6) is -0.473. The van der Waals surface area contributed by atoms with Crippen LogP contribution in [0.1, 0.15) is 41.9 Å². The van der Waals surface area contributed by atoms with Gasteiger partial charge in [-0.25, -0.2) is 4.79 Å². The van der Waals surface area contributed by atoms with Crippen molar-refractivity contribution in [3.63, 3.8) is 0 Å². The number of rotatable bonds is 2. The quantitative estimate of drug-likeness (QED) is 0.848. The van der Waals surface area contributed by atoms with E-state index in [4.69, 9.17) is 15.7 Å². The number of piperidine rings is 1. The highest BCUT2D eigenvalue weighted by atomic mass is 32.1. The normalized spacial score (nSPS) is 17.6. The maximum absolute atomic E-state index is 12.0. The molecule has 5 nitrogen and oxygen atoms in total. The number of nitrogens with zero attached hydrogens (tertiary/aromatic N) is 2. The molecule has 0 radical (unpaired) electrons. The predicted octanol–water partition coefficient (Wildman–Crippen LogP) is 2.61. The number of nitrogen functional groups attached to an aromatic ring is 1. The molecule has 2 heterocycles. The minimum Gasteiger partial charge on any atom is -0.465 e. The maximum Gasteiger partial charge on any atom is 0.343 e. The van der Waals surface area contributed by atoms with Crippen molar-refractivity contribution < 1.29 is 9.53 Å². The maximum atomic E-state index is 12.0. The van der Waals surface area contributed by atoms with Gasteiger partial charge in [0, 0.05) is 13.1 Å². The van der Waals surface area contributed by atoms with Crippen molar-refractivity contribution in [2.45, 2.75) is 26.7 Å². The van der Waals surface area contributed by atoms with Crippen LogP contribution >= 0.6 is 11.3 Å². The third-order valence-corrected chi connectivity index (χ3v) is 4.78. The Kier molecular flexibility index (Phi) is 3.91. The fraction of sp³-hybridized carbons (Fsp3) is 0.571. The first-order valence-electron chi connectivity index (χ1n) is 6.55. The van der Waals surface area contributed by atoms with Crippen molar-refractivity contribution in [1.29, 1.82) is 5.26 Å². The summed E-state index contributed by atoms with van der Waals surface area (Å²) in [5, 5.41) is 9.88. The first kappa shape index (κ1) is 14.7. The molecule has 0 amide bonds. The van der Waals surface area contributed by atoms with Crippen LogP contribution in [0.5, 0.6) is 0 Å². The molecule has 0 bridgehead atoms. The second kappa shape index (κ2) is 5.33. The van der Waals surface area contributed by atoms with E-state index in [1.54, 1.807) is 0 Å². The summed E-state index contributed by atoms with van der Waals surface area (Å²) in [6, 6.07) is 2.05. The van der Waals surface area contributed by atoms with Gasteiger partial charge in [-0.1, -0.05) is 13.8 Å². The lowest BCUT2D eigenvalue weighted by Crippen LogP contribution is -2.40. The molecule has 1 aliphatic rings. The fourth-order valence-electron chi connectivity index (χ4n) is 2.63. The van der Waals surface area contributed by atoms with Gasteiger partial charge in [-0.3, -0.25) is 0 Å². The number of carbonyl (C=O) groups is 1. The van der Waals surface area contributed by atoms with Gasteiger partial charge in [0.25, 0.3) is 0 Å². The lowest BCUT2D eigenvalue weighted by molar-refractivity contribution is 0.0603. The van der Waals surface area contributed by atoms with Crippen molar-refractivity contribution in [1.82, 2.24) is 0 Å². The molecule has 0 spiro atoms. The smallest absolute Gasteiger partial charge is 0.343 e. The second-order valence-corrected chi connectivity index (χ2v) is 6.82. The molecule has 6 heteroatoms. The number of ether oxygens (including phenoxy) is 1. The van der Waals surface area contributed by atoms with E-state index >= 15 is 0 Å². The summed E-state index contributed by atoms with van der Waals surface area (Å²) in [4.78, 5) is 14.5. The predicted molar refractivity (Wildman–Crippen MR) is 80.0 cm³/mol. The summed E-state index contributed by atoms with van der Waals surface area (Å²) >= 11 is 1.28. The summed E-state index contributed by atoms with van der Waals surface area (Å²) in [6.07, 6.45) is 2.22. The van der Waals surface area contributed by atoms with Crippen LogP contribution < -0.4 is 10.6 Å². The summed E-state index contributed by atoms with van der Waals surface area (Å²) in [7, 11) is 1.33. The third kappa shape index (κ3) is 2.59. The highest BCUT2D eigenvalue weighted by Crippen LogP contribution is 2.41. The molecule has 1 saturated heterocycles. The number of esters is 1. The van der Waals surface area contributed by atoms with E-state index in [-0.39, 0.29) is 11.1 Å². The number of methoxy groups -OCH3 is 1. The van der Waals surface area contributed by atoms with Gasteiger partial charge in [0.15, 0.2) is 0 Å². The number of thiophene rings is 1. The van der Waals surface area contributed by atoms with E-state index in [2.05, 4.69) is 24.8 Å². The molecule has 0 aliphatic carbocycles. The van der Waals surface area contributed by atoms with Gasteiger partial charge in [-0.05, 0) is 18.3 Å². The first-order valence-corrected chi connectivity index (χ1v) is 7.37. The standard InChI is InChI=1S/C14H19N3O2S/c1-14(2)5-4-6-17(8-14)12-10(13(18)19-3)11(16)9(7-15)20-12/h4-6,8,16H2,1-3H3. The topological polar surface area (TPSA) is 79.3 Å². The molecule has 0 unspecified atom stereocenters. The lowest BCUT2D eigenvalue weighted by atomic mass is 9.84. The van der Waals surface area contributed by atoms with Gasteiger partial charge in [0.2, 0.25) is 0 Å². The number of hydrogen-bond acceptors (Lipinski definition) is 6. The Hall–Kier alpha value is -1.74. The van der Waals surface area contributed by atoms with Crippen LogP contribution in [0, 0.1) is 16.7 Å². The molecule has 0 saturated carbocycles. The van der Waals surface area contributed by atoms with Crippen LogP contribution in [0.4, 0.5) is 10.7 Å². The zero-order valence-corrected chi connectivity index (χ0v) is 12.8. The fourth-order valence-corrected chi connectivity index (χ4v) is 3.66. The first-order chi connectivity index (χ1) is 9.39. The van der Waals surface area contributed by atoms with E-state index in [1.807, 2.05) is 0 Å². The van der Waals surface area contributed by atoms with Crippen LogP contribution in [-0.2, 0) is 4.74 Å². The number of carbonyl (C=O) groups excluding carboxylic acids is 1. The van der Waals surface area contributed by atoms with Crippen molar-refractivity contribution >= 4 is 28.0 Å². The Balaban J connectivity index is 2.45. The molecular formula is C14H19N3O2S. The van der Waals surface area contributed by atoms with Gasteiger partial charge >= 0.3 is 5.97 Å². The van der Waals surface area contributed by atoms with Gasteiger partial charge in [0.1, 0.15) is 21.5 Å². The molecular weight excluding hydrogens is 274 g/mol. The van der Waals surface area contributed by atoms with Crippen LogP contribution in [0.2, 0.25) is 0 Å². The van der Waals surface area contributed by atoms with Crippen molar-refractivity contribution in [3.05, 3.63) is 10.4 Å². The van der Waals surface area contributed by atoms with E-state index < -0.39 is 5.97 Å². The monoisotopic (exact) mass is 293 g/mol. The van der Waals surface area contributed by atoms with E-state index in [0.29, 0.717) is 10.4 Å². The highest BCUT2D eigenvalue weighted by molar-refractivity contribution is 7.17. The highest BCUT2D eigenvalue weighted by Gasteiger charge is 2.32. The number of nitrogens with two attached hydrogens (primary N) is 1. The van der Waals surface area contributed by atoms with Gasteiger partial charge in [-0.2, -0.15) is 5.26 Å². The Bertz CT molecular complexity index is 572. The minimum atomic E-state index is -0.473. The molecule has 2 rings (SSSR count). The van der Waals surface area contributed by atoms with Crippen LogP contribution in [-0.4, -0.2) is 26.2 Å². The van der Waals surface area contributed by atoms with Crippen molar-refractivity contribution in [3.8, 4) is 6.07 Å². The zero-order valence-electron chi connectivity index (χ0n) is 12.0. The van der Waals surface area contributed by atoms with E-state index in [0.717, 1.165) is 30.9 Å². The zero-order chi connectivity index (χ0) is 14.9. The van der Waals surface area contributed by atoms with E-state index in [1.165, 1.54) is 18.4 Å². The SMILES string of the molecule is COC(=O)c1c(N2CCCC(C)(C)C2)sc(C#N)c1N. The molecule has 1 aromatic heterocycles. The number of nitriles is 1. The molecule has 20 heavy (non-hydrogen) atoms. The Labute approximate surface area is 122 Å². The average Bonchev–Trinajstić information content (AvgIpc) is 2.73. The largest absolute Gasteiger partial charge is 0.465 e. The van der Waals surface area contributed by atoms with Crippen LogP contribution in [0.15, 0.2) is 0 Å². The van der Waals surface area contributed by atoms with E-state index in [9.17, 15) is 4.79 Å². The number of hydrogen-bond donors (Lipinski definition) is 1. The molecule has 0 aromatic carbocycles. The lowest BCUT2D eigenvalue weighted by Gasteiger charge is -2.39. The van der Waals surface area contributed by atoms with Gasteiger partial charge in [0.05, 0.1) is 12.8 Å². The average molecular weight is 293 g/mol.